The first-order valence-corrected chi connectivity index (χ1v) is 8.19. The third kappa shape index (κ3) is 3.45. The molecule has 0 amide bonds. The lowest BCUT2D eigenvalue weighted by atomic mass is 10.00. The smallest absolute Gasteiger partial charge is 0.344 e. The molecule has 0 aliphatic carbocycles. The van der Waals surface area contributed by atoms with Gasteiger partial charge in [-0.1, -0.05) is 35.5 Å². The lowest BCUT2D eigenvalue weighted by molar-refractivity contribution is 0.0518. The van der Waals surface area contributed by atoms with Gasteiger partial charge in [-0.05, 0) is 36.8 Å². The van der Waals surface area contributed by atoms with E-state index in [0.717, 1.165) is 0 Å². The molecule has 134 valence electrons. The molecule has 0 saturated heterocycles. The van der Waals surface area contributed by atoms with Gasteiger partial charge in [0.1, 0.15) is 23.1 Å². The number of hydrogen-bond acceptors (Lipinski definition) is 6. The standard InChI is InChI=1S/C20H19NO5/c1-3-25-20(23)16-17(13-9-11-15(24-2)12-10-13)21-26-19(16)18(22)14-7-5-4-6-8-14/h4-12,18,22H,3H2,1-2H3. The first kappa shape index (κ1) is 17.7. The van der Waals surface area contributed by atoms with Crippen molar-refractivity contribution < 1.29 is 23.9 Å². The molecular formula is C20H19NO5. The van der Waals surface area contributed by atoms with Crippen molar-refractivity contribution in [2.24, 2.45) is 0 Å². The van der Waals surface area contributed by atoms with E-state index in [-0.39, 0.29) is 17.9 Å². The van der Waals surface area contributed by atoms with Crippen molar-refractivity contribution in [2.45, 2.75) is 13.0 Å². The third-order valence-electron chi connectivity index (χ3n) is 3.93. The molecule has 0 spiro atoms. The van der Waals surface area contributed by atoms with Crippen LogP contribution in [-0.2, 0) is 4.74 Å². The number of esters is 1. The van der Waals surface area contributed by atoms with Gasteiger partial charge in [-0.2, -0.15) is 0 Å². The SMILES string of the molecule is CCOC(=O)c1c(-c2ccc(OC)cc2)noc1C(O)c1ccccc1. The van der Waals surface area contributed by atoms with Crippen LogP contribution in [0.15, 0.2) is 59.1 Å². The van der Waals surface area contributed by atoms with E-state index in [0.29, 0.717) is 22.6 Å². The zero-order valence-electron chi connectivity index (χ0n) is 14.5. The molecule has 0 radical (unpaired) electrons. The quantitative estimate of drug-likeness (QED) is 0.682. The minimum Gasteiger partial charge on any atom is -0.497 e. The van der Waals surface area contributed by atoms with Crippen LogP contribution in [0, 0.1) is 0 Å². The molecule has 2 aromatic carbocycles. The van der Waals surface area contributed by atoms with E-state index in [4.69, 9.17) is 14.0 Å². The summed E-state index contributed by atoms with van der Waals surface area (Å²) in [5.41, 5.74) is 1.68. The van der Waals surface area contributed by atoms with Crippen molar-refractivity contribution in [1.82, 2.24) is 5.16 Å². The molecule has 0 bridgehead atoms. The number of carbonyl (C=O) groups is 1. The lowest BCUT2D eigenvalue weighted by Gasteiger charge is -2.10. The number of ether oxygens (including phenoxy) is 2. The van der Waals surface area contributed by atoms with E-state index in [1.165, 1.54) is 0 Å². The van der Waals surface area contributed by atoms with Crippen LogP contribution in [0.4, 0.5) is 0 Å². The maximum Gasteiger partial charge on any atom is 0.344 e. The fraction of sp³-hybridized carbons (Fsp3) is 0.200. The number of aliphatic hydroxyl groups excluding tert-OH is 1. The molecule has 26 heavy (non-hydrogen) atoms. The summed E-state index contributed by atoms with van der Waals surface area (Å²) in [6.45, 7) is 1.92. The van der Waals surface area contributed by atoms with Crippen LogP contribution >= 0.6 is 0 Å². The normalized spacial score (nSPS) is 11.8. The third-order valence-corrected chi connectivity index (χ3v) is 3.93. The summed E-state index contributed by atoms with van der Waals surface area (Å²) < 4.78 is 15.7. The Morgan fingerprint density at radius 1 is 1.15 bits per heavy atom. The van der Waals surface area contributed by atoms with E-state index in [9.17, 15) is 9.90 Å². The number of carbonyl (C=O) groups excluding carboxylic acids is 1. The fourth-order valence-electron chi connectivity index (χ4n) is 2.62. The van der Waals surface area contributed by atoms with Gasteiger partial charge in [0.15, 0.2) is 5.76 Å². The maximum absolute atomic E-state index is 12.5. The predicted octanol–water partition coefficient (Wildman–Crippen LogP) is 3.61. The highest BCUT2D eigenvalue weighted by molar-refractivity contribution is 5.97. The van der Waals surface area contributed by atoms with Gasteiger partial charge in [-0.25, -0.2) is 4.79 Å². The van der Waals surface area contributed by atoms with Crippen molar-refractivity contribution in [3.05, 3.63) is 71.5 Å². The fourth-order valence-corrected chi connectivity index (χ4v) is 2.62. The highest BCUT2D eigenvalue weighted by Crippen LogP contribution is 2.33. The lowest BCUT2D eigenvalue weighted by Crippen LogP contribution is -2.10. The zero-order valence-corrected chi connectivity index (χ0v) is 14.5. The minimum atomic E-state index is -1.13. The number of hydrogen-bond donors (Lipinski definition) is 1. The first-order chi connectivity index (χ1) is 12.7. The highest BCUT2D eigenvalue weighted by atomic mass is 16.5. The highest BCUT2D eigenvalue weighted by Gasteiger charge is 2.30. The van der Waals surface area contributed by atoms with Crippen LogP contribution in [-0.4, -0.2) is 29.9 Å². The van der Waals surface area contributed by atoms with Gasteiger partial charge in [-0.15, -0.1) is 0 Å². The number of aromatic nitrogens is 1. The van der Waals surface area contributed by atoms with Crippen LogP contribution in [0.5, 0.6) is 5.75 Å². The molecule has 6 nitrogen and oxygen atoms in total. The summed E-state index contributed by atoms with van der Waals surface area (Å²) in [5.74, 6) is 0.143. The Hall–Kier alpha value is -3.12. The molecule has 0 aliphatic heterocycles. The molecule has 1 atom stereocenters. The molecule has 3 aromatic rings. The molecule has 1 heterocycles. The van der Waals surface area contributed by atoms with Crippen molar-refractivity contribution in [3.63, 3.8) is 0 Å². The second-order valence-electron chi connectivity index (χ2n) is 5.53. The zero-order chi connectivity index (χ0) is 18.5. The summed E-state index contributed by atoms with van der Waals surface area (Å²) in [5, 5.41) is 14.7. The van der Waals surface area contributed by atoms with Crippen molar-refractivity contribution in [1.29, 1.82) is 0 Å². The average Bonchev–Trinajstić information content (AvgIpc) is 3.13. The Balaban J connectivity index is 2.07. The van der Waals surface area contributed by atoms with Gasteiger partial charge < -0.3 is 19.1 Å². The van der Waals surface area contributed by atoms with Crippen molar-refractivity contribution >= 4 is 5.97 Å². The van der Waals surface area contributed by atoms with Gasteiger partial charge in [0.25, 0.3) is 0 Å². The average molecular weight is 353 g/mol. The number of benzene rings is 2. The molecular weight excluding hydrogens is 334 g/mol. The Bertz CT molecular complexity index is 871. The molecule has 6 heteroatoms. The molecule has 0 aliphatic rings. The predicted molar refractivity (Wildman–Crippen MR) is 95.0 cm³/mol. The number of rotatable bonds is 6. The van der Waals surface area contributed by atoms with E-state index < -0.39 is 12.1 Å². The van der Waals surface area contributed by atoms with Crippen molar-refractivity contribution in [3.8, 4) is 17.0 Å². The molecule has 1 N–H and O–H groups in total. The Labute approximate surface area is 151 Å². The summed E-state index contributed by atoms with van der Waals surface area (Å²) in [6.07, 6.45) is -1.13. The van der Waals surface area contributed by atoms with Gasteiger partial charge >= 0.3 is 5.97 Å². The van der Waals surface area contributed by atoms with Crippen LogP contribution in [0.2, 0.25) is 0 Å². The van der Waals surface area contributed by atoms with E-state index in [1.807, 2.05) is 6.07 Å². The molecule has 3 rings (SSSR count). The van der Waals surface area contributed by atoms with Gasteiger partial charge in [0.2, 0.25) is 0 Å². The van der Waals surface area contributed by atoms with Crippen LogP contribution in [0.25, 0.3) is 11.3 Å². The number of aliphatic hydroxyl groups is 1. The van der Waals surface area contributed by atoms with Crippen molar-refractivity contribution in [2.75, 3.05) is 13.7 Å². The van der Waals surface area contributed by atoms with Gasteiger partial charge in [-0.3, -0.25) is 0 Å². The first-order valence-electron chi connectivity index (χ1n) is 8.19. The van der Waals surface area contributed by atoms with Crippen LogP contribution in [0.1, 0.15) is 34.7 Å². The summed E-state index contributed by atoms with van der Waals surface area (Å²) in [7, 11) is 1.57. The van der Waals surface area contributed by atoms with E-state index in [2.05, 4.69) is 5.16 Å². The topological polar surface area (TPSA) is 81.8 Å². The Kier molecular flexibility index (Phi) is 5.34. The van der Waals surface area contributed by atoms with Gasteiger partial charge in [0.05, 0.1) is 13.7 Å². The number of methoxy groups -OCH3 is 1. The second-order valence-corrected chi connectivity index (χ2v) is 5.53. The molecule has 0 fully saturated rings. The minimum absolute atomic E-state index is 0.0560. The molecule has 1 unspecified atom stereocenters. The summed E-state index contributed by atoms with van der Waals surface area (Å²) in [4.78, 5) is 12.5. The largest absolute Gasteiger partial charge is 0.497 e. The maximum atomic E-state index is 12.5. The number of nitrogens with zero attached hydrogens (tertiary/aromatic N) is 1. The van der Waals surface area contributed by atoms with E-state index >= 15 is 0 Å². The summed E-state index contributed by atoms with van der Waals surface area (Å²) in [6, 6.07) is 16.0. The Morgan fingerprint density at radius 2 is 1.85 bits per heavy atom. The second kappa shape index (κ2) is 7.84. The Morgan fingerprint density at radius 3 is 2.46 bits per heavy atom. The molecule has 0 saturated carbocycles. The molecule has 1 aromatic heterocycles. The van der Waals surface area contributed by atoms with Gasteiger partial charge in [0, 0.05) is 5.56 Å². The van der Waals surface area contributed by atoms with E-state index in [1.54, 1.807) is 62.6 Å². The van der Waals surface area contributed by atoms with Crippen LogP contribution < -0.4 is 4.74 Å². The summed E-state index contributed by atoms with van der Waals surface area (Å²) >= 11 is 0. The monoisotopic (exact) mass is 353 g/mol. The van der Waals surface area contributed by atoms with Crippen LogP contribution in [0.3, 0.4) is 0 Å².